The number of hydrogen-bond acceptors (Lipinski definition) is 12. The number of hydrogen-bond donors (Lipinski definition) is 1. The lowest BCUT2D eigenvalue weighted by Gasteiger charge is -2.37. The summed E-state index contributed by atoms with van der Waals surface area (Å²) >= 11 is 0. The molecule has 0 aromatic heterocycles. The van der Waals surface area contributed by atoms with Crippen molar-refractivity contribution in [1.29, 1.82) is 5.26 Å². The van der Waals surface area contributed by atoms with Crippen molar-refractivity contribution in [3.63, 3.8) is 0 Å². The van der Waals surface area contributed by atoms with Crippen LogP contribution in [0.1, 0.15) is 54.4 Å². The predicted molar refractivity (Wildman–Crippen MR) is 126 cm³/mol. The summed E-state index contributed by atoms with van der Waals surface area (Å²) < 4.78 is 44.0. The molecule has 2 aliphatic heterocycles. The third-order valence-corrected chi connectivity index (χ3v) is 7.06. The van der Waals surface area contributed by atoms with Crippen molar-refractivity contribution >= 4 is 25.4 Å². The van der Waals surface area contributed by atoms with E-state index in [1.165, 1.54) is 13.1 Å². The SMILES string of the molecule is CCC(=NC)C(CC)=N/C=C(\C)[C@]1(C#N)O[C@@H]2COP(=O)(OCOC(=O)OC(C)C)O[C@H]2[C@@]1(C)O. The van der Waals surface area contributed by atoms with Crippen LogP contribution in [0, 0.1) is 11.3 Å². The number of phosphoric ester groups is 1. The Morgan fingerprint density at radius 2 is 2.00 bits per heavy atom. The van der Waals surface area contributed by atoms with Crippen LogP contribution in [0.25, 0.3) is 0 Å². The van der Waals surface area contributed by atoms with E-state index in [2.05, 4.69) is 9.98 Å². The molecular weight excluding hydrogens is 481 g/mol. The second-order valence-corrected chi connectivity index (χ2v) is 10.1. The number of nitriles is 1. The van der Waals surface area contributed by atoms with Crippen molar-refractivity contribution in [2.75, 3.05) is 20.4 Å². The molecular formula is C22H34N3O9P. The van der Waals surface area contributed by atoms with E-state index in [-0.39, 0.29) is 6.61 Å². The summed E-state index contributed by atoms with van der Waals surface area (Å²) in [5, 5.41) is 21.5. The molecule has 2 heterocycles. The smallest absolute Gasteiger partial charge is 0.432 e. The first-order chi connectivity index (χ1) is 16.4. The number of carbonyl (C=O) groups is 1. The van der Waals surface area contributed by atoms with E-state index in [1.807, 2.05) is 19.9 Å². The Kier molecular flexibility index (Phi) is 9.76. The van der Waals surface area contributed by atoms with Gasteiger partial charge in [0.25, 0.3) is 0 Å². The first-order valence-electron chi connectivity index (χ1n) is 11.3. The largest absolute Gasteiger partial charge is 0.510 e. The standard InChI is InChI=1S/C22H34N3O9P/c1-8-16(24-7)17(9-2)25-10-15(5)22(12-23)21(6,27)19-18(33-22)11-30-35(28,34-19)31-13-29-20(26)32-14(3)4/h10,14,18-19,27H,8-9,11,13H2,1-7H3/b15-10+,24-16?,25-17?/t18-,19-,21-,22+,35?/m1/s1. The second-order valence-electron chi connectivity index (χ2n) is 8.44. The molecule has 0 aliphatic carbocycles. The highest BCUT2D eigenvalue weighted by atomic mass is 31.2. The van der Waals surface area contributed by atoms with Crippen molar-refractivity contribution in [2.45, 2.75) is 83.9 Å². The molecule has 2 aliphatic rings. The Bertz CT molecular complexity index is 970. The highest BCUT2D eigenvalue weighted by Crippen LogP contribution is 2.59. The fourth-order valence-corrected chi connectivity index (χ4v) is 5.20. The lowest BCUT2D eigenvalue weighted by molar-refractivity contribution is -0.0929. The summed E-state index contributed by atoms with van der Waals surface area (Å²) in [7, 11) is -2.57. The van der Waals surface area contributed by atoms with Gasteiger partial charge in [0, 0.05) is 13.2 Å². The maximum absolute atomic E-state index is 12.9. The van der Waals surface area contributed by atoms with Crippen molar-refractivity contribution in [1.82, 2.24) is 0 Å². The summed E-state index contributed by atoms with van der Waals surface area (Å²) in [5.74, 6) is 0. The molecule has 12 nitrogen and oxygen atoms in total. The second kappa shape index (κ2) is 11.7. The van der Waals surface area contributed by atoms with Crippen LogP contribution >= 0.6 is 7.82 Å². The Hall–Kier alpha value is -2.13. The molecule has 196 valence electrons. The summed E-state index contributed by atoms with van der Waals surface area (Å²) in [6.07, 6.45) is -0.834. The number of nitrogens with zero attached hydrogens (tertiary/aromatic N) is 3. The minimum atomic E-state index is -4.25. The molecule has 0 bridgehead atoms. The topological polar surface area (TPSA) is 158 Å². The molecule has 1 unspecified atom stereocenters. The van der Waals surface area contributed by atoms with Crippen LogP contribution < -0.4 is 0 Å². The van der Waals surface area contributed by atoms with Crippen LogP contribution in [-0.2, 0) is 32.3 Å². The molecule has 13 heteroatoms. The molecule has 1 N–H and O–H groups in total. The molecule has 0 aromatic rings. The molecule has 0 saturated carbocycles. The van der Waals surface area contributed by atoms with Gasteiger partial charge in [0.2, 0.25) is 12.4 Å². The average molecular weight is 516 g/mol. The van der Waals surface area contributed by atoms with Gasteiger partial charge in [-0.15, -0.1) is 0 Å². The van der Waals surface area contributed by atoms with Gasteiger partial charge in [-0.3, -0.25) is 19.0 Å². The van der Waals surface area contributed by atoms with Crippen LogP contribution in [-0.4, -0.2) is 72.6 Å². The van der Waals surface area contributed by atoms with E-state index in [4.69, 9.17) is 27.8 Å². The number of carbonyl (C=O) groups excluding carboxylic acids is 1. The van der Waals surface area contributed by atoms with Gasteiger partial charge in [-0.25, -0.2) is 13.9 Å². The minimum Gasteiger partial charge on any atom is -0.432 e. The third-order valence-electron chi connectivity index (χ3n) is 5.69. The van der Waals surface area contributed by atoms with Crippen LogP contribution in [0.5, 0.6) is 0 Å². The number of phosphoric acid groups is 1. The van der Waals surface area contributed by atoms with E-state index in [9.17, 15) is 19.7 Å². The molecule has 35 heavy (non-hydrogen) atoms. The Balaban J connectivity index is 2.24. The molecule has 0 spiro atoms. The van der Waals surface area contributed by atoms with Crippen molar-refractivity contribution in [3.8, 4) is 6.07 Å². The quantitative estimate of drug-likeness (QED) is 0.208. The molecule has 0 amide bonds. The molecule has 0 aromatic carbocycles. The number of fused-ring (bicyclic) bond motifs is 1. The van der Waals surface area contributed by atoms with Gasteiger partial charge in [-0.2, -0.15) is 5.26 Å². The van der Waals surface area contributed by atoms with E-state index in [0.717, 1.165) is 11.4 Å². The maximum Gasteiger partial charge on any atom is 0.510 e. The van der Waals surface area contributed by atoms with E-state index < -0.39 is 50.3 Å². The molecule has 2 fully saturated rings. The van der Waals surface area contributed by atoms with Crippen LogP contribution in [0.4, 0.5) is 4.79 Å². The van der Waals surface area contributed by atoms with Gasteiger partial charge >= 0.3 is 14.0 Å². The summed E-state index contributed by atoms with van der Waals surface area (Å²) in [5.41, 5.74) is -1.94. The van der Waals surface area contributed by atoms with Gasteiger partial charge in [0.05, 0.1) is 24.1 Å². The van der Waals surface area contributed by atoms with E-state index in [1.54, 1.807) is 27.8 Å². The predicted octanol–water partition coefficient (Wildman–Crippen LogP) is 3.69. The monoisotopic (exact) mass is 515 g/mol. The van der Waals surface area contributed by atoms with Gasteiger partial charge in [0.1, 0.15) is 23.9 Å². The number of rotatable bonds is 9. The highest BCUT2D eigenvalue weighted by molar-refractivity contribution is 7.48. The zero-order valence-corrected chi connectivity index (χ0v) is 22.0. The summed E-state index contributed by atoms with van der Waals surface area (Å²) in [6.45, 7) is 9.06. The zero-order valence-electron chi connectivity index (χ0n) is 21.1. The first-order valence-corrected chi connectivity index (χ1v) is 12.8. The van der Waals surface area contributed by atoms with Crippen molar-refractivity contribution in [3.05, 3.63) is 11.8 Å². The number of ether oxygens (including phenoxy) is 3. The Morgan fingerprint density at radius 1 is 1.34 bits per heavy atom. The lowest BCUT2D eigenvalue weighted by Crippen LogP contribution is -2.55. The Morgan fingerprint density at radius 3 is 2.54 bits per heavy atom. The average Bonchev–Trinajstić information content (AvgIpc) is 3.02. The zero-order chi connectivity index (χ0) is 26.4. The fraction of sp³-hybridized carbons (Fsp3) is 0.727. The minimum absolute atomic E-state index is 0.294. The van der Waals surface area contributed by atoms with Crippen LogP contribution in [0.15, 0.2) is 21.8 Å². The fourth-order valence-electron chi connectivity index (χ4n) is 3.88. The van der Waals surface area contributed by atoms with Crippen molar-refractivity contribution in [2.24, 2.45) is 9.98 Å². The van der Waals surface area contributed by atoms with Gasteiger partial charge in [-0.1, -0.05) is 13.8 Å². The van der Waals surface area contributed by atoms with Gasteiger partial charge < -0.3 is 19.3 Å². The highest BCUT2D eigenvalue weighted by Gasteiger charge is 2.68. The van der Waals surface area contributed by atoms with Crippen molar-refractivity contribution < 1.29 is 42.2 Å². The number of aliphatic imine (C=N–C) groups is 2. The van der Waals surface area contributed by atoms with Gasteiger partial charge in [0.15, 0.2) is 0 Å². The molecule has 2 rings (SSSR count). The maximum atomic E-state index is 12.9. The summed E-state index contributed by atoms with van der Waals surface area (Å²) in [6, 6.07) is 2.03. The van der Waals surface area contributed by atoms with Crippen LogP contribution in [0.3, 0.4) is 0 Å². The molecule has 0 radical (unpaired) electrons. The third kappa shape index (κ3) is 6.17. The van der Waals surface area contributed by atoms with E-state index >= 15 is 0 Å². The first kappa shape index (κ1) is 29.1. The Labute approximate surface area is 205 Å². The van der Waals surface area contributed by atoms with E-state index in [0.29, 0.717) is 18.4 Å². The van der Waals surface area contributed by atoms with Crippen LogP contribution in [0.2, 0.25) is 0 Å². The number of aliphatic hydroxyl groups is 1. The lowest BCUT2D eigenvalue weighted by atomic mass is 9.78. The van der Waals surface area contributed by atoms with Gasteiger partial charge in [-0.05, 0) is 46.1 Å². The normalized spacial score (nSPS) is 33.9. The summed E-state index contributed by atoms with van der Waals surface area (Å²) in [4.78, 5) is 20.2. The molecule has 5 atom stereocenters. The molecule has 2 saturated heterocycles.